The van der Waals surface area contributed by atoms with Crippen LogP contribution in [0.2, 0.25) is 0 Å². The van der Waals surface area contributed by atoms with Crippen molar-refractivity contribution in [1.82, 2.24) is 10.6 Å². The second-order valence-electron chi connectivity index (χ2n) is 6.75. The first-order valence-electron chi connectivity index (χ1n) is 9.66. The van der Waals surface area contributed by atoms with Crippen LogP contribution in [0.5, 0.6) is 17.2 Å². The van der Waals surface area contributed by atoms with Gasteiger partial charge in [0.2, 0.25) is 0 Å². The van der Waals surface area contributed by atoms with Gasteiger partial charge in [0.05, 0.1) is 20.3 Å². The van der Waals surface area contributed by atoms with E-state index in [-0.39, 0.29) is 24.0 Å². The van der Waals surface area contributed by atoms with Gasteiger partial charge in [-0.1, -0.05) is 23.8 Å². The molecule has 0 bridgehead atoms. The van der Waals surface area contributed by atoms with E-state index in [1.54, 1.807) is 14.2 Å². The number of aryl methyl sites for hydroxylation is 1. The Hall–Kier alpha value is -2.16. The highest BCUT2D eigenvalue weighted by Gasteiger charge is 2.11. The van der Waals surface area contributed by atoms with E-state index >= 15 is 0 Å². The molecule has 1 aliphatic rings. The molecule has 29 heavy (non-hydrogen) atoms. The van der Waals surface area contributed by atoms with Gasteiger partial charge in [0.15, 0.2) is 17.5 Å². The Balaban J connectivity index is 0.00000300. The maximum Gasteiger partial charge on any atom is 0.191 e. The van der Waals surface area contributed by atoms with E-state index in [9.17, 15) is 0 Å². The minimum absolute atomic E-state index is 0. The maximum atomic E-state index is 5.76. The van der Waals surface area contributed by atoms with Crippen molar-refractivity contribution in [2.45, 2.75) is 26.3 Å². The summed E-state index contributed by atoms with van der Waals surface area (Å²) in [5, 5.41) is 6.70. The summed E-state index contributed by atoms with van der Waals surface area (Å²) in [5.41, 5.74) is 3.54. The summed E-state index contributed by atoms with van der Waals surface area (Å²) in [5.74, 6) is 3.31. The van der Waals surface area contributed by atoms with Gasteiger partial charge in [0, 0.05) is 26.6 Å². The third-order valence-corrected chi connectivity index (χ3v) is 4.62. The molecule has 0 aliphatic carbocycles. The number of rotatable bonds is 6. The Labute approximate surface area is 190 Å². The predicted octanol–water partition coefficient (Wildman–Crippen LogP) is 3.69. The van der Waals surface area contributed by atoms with Gasteiger partial charge in [-0.25, -0.2) is 0 Å². The highest BCUT2D eigenvalue weighted by molar-refractivity contribution is 14.0. The topological polar surface area (TPSA) is 64.1 Å². The molecule has 7 heteroatoms. The molecule has 2 aromatic carbocycles. The van der Waals surface area contributed by atoms with Gasteiger partial charge < -0.3 is 24.8 Å². The fraction of sp³-hybridized carbons (Fsp3) is 0.409. The van der Waals surface area contributed by atoms with Crippen molar-refractivity contribution in [1.29, 1.82) is 0 Å². The van der Waals surface area contributed by atoms with E-state index in [0.29, 0.717) is 19.8 Å². The molecule has 0 radical (unpaired) electrons. The van der Waals surface area contributed by atoms with E-state index in [1.807, 2.05) is 24.3 Å². The summed E-state index contributed by atoms with van der Waals surface area (Å²) in [6.45, 7) is 4.90. The number of fused-ring (bicyclic) bond motifs is 1. The number of nitrogens with one attached hydrogen (secondary N) is 2. The van der Waals surface area contributed by atoms with Crippen molar-refractivity contribution >= 4 is 29.9 Å². The number of ether oxygens (including phenoxy) is 3. The molecule has 0 saturated carbocycles. The van der Waals surface area contributed by atoms with Crippen molar-refractivity contribution in [3.8, 4) is 17.2 Å². The third kappa shape index (κ3) is 6.69. The molecule has 2 aromatic rings. The summed E-state index contributed by atoms with van der Waals surface area (Å²) in [6, 6.07) is 12.3. The Kier molecular flexibility index (Phi) is 9.37. The molecule has 0 aromatic heterocycles. The molecule has 0 fully saturated rings. The maximum absolute atomic E-state index is 5.76. The zero-order chi connectivity index (χ0) is 19.8. The SMILES string of the molecule is CN=C(NCCc1cc(C)ccc1OC)NCc1ccc2c(c1)OCCCO2.I. The highest BCUT2D eigenvalue weighted by Crippen LogP contribution is 2.30. The standard InChI is InChI=1S/C22H29N3O3.HI/c1-16-5-7-19(26-3)18(13-16)9-10-24-22(23-2)25-15-17-6-8-20-21(14-17)28-12-4-11-27-20;/h5-8,13-14H,4,9-12,15H2,1-3H3,(H2,23,24,25);1H. The summed E-state index contributed by atoms with van der Waals surface area (Å²) in [4.78, 5) is 4.30. The molecule has 1 aliphatic heterocycles. The van der Waals surface area contributed by atoms with Crippen molar-refractivity contribution in [3.63, 3.8) is 0 Å². The quantitative estimate of drug-likeness (QED) is 0.352. The lowest BCUT2D eigenvalue weighted by Crippen LogP contribution is -2.37. The van der Waals surface area contributed by atoms with Crippen LogP contribution >= 0.6 is 24.0 Å². The number of nitrogens with zero attached hydrogens (tertiary/aromatic N) is 1. The fourth-order valence-corrected chi connectivity index (χ4v) is 3.14. The average molecular weight is 511 g/mol. The van der Waals surface area contributed by atoms with Crippen LogP contribution in [0.3, 0.4) is 0 Å². The Bertz CT molecular complexity index is 827. The minimum Gasteiger partial charge on any atom is -0.496 e. The Morgan fingerprint density at radius 2 is 1.86 bits per heavy atom. The molecule has 0 unspecified atom stereocenters. The third-order valence-electron chi connectivity index (χ3n) is 4.62. The number of hydrogen-bond acceptors (Lipinski definition) is 4. The van der Waals surface area contributed by atoms with Crippen LogP contribution in [0.1, 0.15) is 23.1 Å². The molecule has 158 valence electrons. The number of methoxy groups -OCH3 is 1. The van der Waals surface area contributed by atoms with Gasteiger partial charge >= 0.3 is 0 Å². The summed E-state index contributed by atoms with van der Waals surface area (Å²) < 4.78 is 16.9. The first-order valence-corrected chi connectivity index (χ1v) is 9.66. The van der Waals surface area contributed by atoms with Crippen LogP contribution in [-0.4, -0.2) is 39.9 Å². The highest BCUT2D eigenvalue weighted by atomic mass is 127. The van der Waals surface area contributed by atoms with Crippen molar-refractivity contribution in [2.75, 3.05) is 33.9 Å². The molecule has 3 rings (SSSR count). The van der Waals surface area contributed by atoms with Crippen LogP contribution in [-0.2, 0) is 13.0 Å². The number of benzene rings is 2. The number of halogens is 1. The fourth-order valence-electron chi connectivity index (χ4n) is 3.14. The lowest BCUT2D eigenvalue weighted by molar-refractivity contribution is 0.297. The summed E-state index contributed by atoms with van der Waals surface area (Å²) in [6.07, 6.45) is 1.76. The summed E-state index contributed by atoms with van der Waals surface area (Å²) >= 11 is 0. The molecule has 2 N–H and O–H groups in total. The lowest BCUT2D eigenvalue weighted by Gasteiger charge is -2.14. The van der Waals surface area contributed by atoms with Gasteiger partial charge in [-0.15, -0.1) is 24.0 Å². The summed E-state index contributed by atoms with van der Waals surface area (Å²) in [7, 11) is 3.48. The second kappa shape index (κ2) is 11.7. The van der Waals surface area contributed by atoms with Gasteiger partial charge in [0.25, 0.3) is 0 Å². The van der Waals surface area contributed by atoms with Crippen LogP contribution in [0, 0.1) is 6.92 Å². The van der Waals surface area contributed by atoms with E-state index < -0.39 is 0 Å². The number of hydrogen-bond donors (Lipinski definition) is 2. The van der Waals surface area contributed by atoms with Gasteiger partial charge in [-0.05, 0) is 42.7 Å². The molecule has 0 spiro atoms. The Morgan fingerprint density at radius 1 is 1.07 bits per heavy atom. The monoisotopic (exact) mass is 511 g/mol. The van der Waals surface area contributed by atoms with Crippen LogP contribution in [0.4, 0.5) is 0 Å². The zero-order valence-electron chi connectivity index (χ0n) is 17.3. The van der Waals surface area contributed by atoms with Crippen molar-refractivity contribution in [2.24, 2.45) is 4.99 Å². The van der Waals surface area contributed by atoms with Gasteiger partial charge in [0.1, 0.15) is 5.75 Å². The van der Waals surface area contributed by atoms with Gasteiger partial charge in [-0.3, -0.25) is 4.99 Å². The molecular formula is C22H30IN3O3. The zero-order valence-corrected chi connectivity index (χ0v) is 19.6. The first-order chi connectivity index (χ1) is 13.7. The molecule has 0 amide bonds. The van der Waals surface area contributed by atoms with Crippen LogP contribution in [0.25, 0.3) is 0 Å². The Morgan fingerprint density at radius 3 is 2.62 bits per heavy atom. The van der Waals surface area contributed by atoms with E-state index in [0.717, 1.165) is 48.2 Å². The van der Waals surface area contributed by atoms with E-state index in [2.05, 4.69) is 34.7 Å². The molecule has 1 heterocycles. The minimum atomic E-state index is 0. The predicted molar refractivity (Wildman–Crippen MR) is 127 cm³/mol. The molecule has 0 atom stereocenters. The molecule has 0 saturated heterocycles. The lowest BCUT2D eigenvalue weighted by atomic mass is 10.1. The average Bonchev–Trinajstić information content (AvgIpc) is 2.95. The molecule has 6 nitrogen and oxygen atoms in total. The number of guanidine groups is 1. The first kappa shape index (κ1) is 23.1. The molecular weight excluding hydrogens is 481 g/mol. The normalized spacial score (nSPS) is 13.1. The van der Waals surface area contributed by atoms with Gasteiger partial charge in [-0.2, -0.15) is 0 Å². The van der Waals surface area contributed by atoms with Crippen LogP contribution < -0.4 is 24.8 Å². The van der Waals surface area contributed by atoms with E-state index in [1.165, 1.54) is 11.1 Å². The van der Waals surface area contributed by atoms with E-state index in [4.69, 9.17) is 14.2 Å². The largest absolute Gasteiger partial charge is 0.496 e. The smallest absolute Gasteiger partial charge is 0.191 e. The second-order valence-corrected chi connectivity index (χ2v) is 6.75. The van der Waals surface area contributed by atoms with Crippen molar-refractivity contribution < 1.29 is 14.2 Å². The number of aliphatic imine (C=N–C) groups is 1. The van der Waals surface area contributed by atoms with Crippen molar-refractivity contribution in [3.05, 3.63) is 53.1 Å². The van der Waals surface area contributed by atoms with Crippen LogP contribution in [0.15, 0.2) is 41.4 Å².